The molecule has 2 N–H and O–H groups in total. The van der Waals surface area contributed by atoms with Gasteiger partial charge in [0.05, 0.1) is 6.54 Å². The monoisotopic (exact) mass is 219 g/mol. The molecule has 1 fully saturated rings. The molecule has 16 heavy (non-hydrogen) atoms. The zero-order valence-corrected chi connectivity index (χ0v) is 9.44. The standard InChI is InChI=1S/C13H17NO2/c1-10(11-5-3-2-4-6-11)13(7-8-13)14-9-12(15)16/h2-6,10,14H,7-9H2,1H3,(H,15,16). The van der Waals surface area contributed by atoms with Crippen LogP contribution in [0, 0.1) is 0 Å². The van der Waals surface area contributed by atoms with Crippen LogP contribution in [0.2, 0.25) is 0 Å². The average Bonchev–Trinajstić information content (AvgIpc) is 3.08. The SMILES string of the molecule is CC(c1ccccc1)C1(NCC(=O)O)CC1. The molecule has 0 radical (unpaired) electrons. The summed E-state index contributed by atoms with van der Waals surface area (Å²) in [5.74, 6) is -0.417. The smallest absolute Gasteiger partial charge is 0.317 e. The van der Waals surface area contributed by atoms with Crippen LogP contribution in [0.4, 0.5) is 0 Å². The van der Waals surface area contributed by atoms with E-state index in [0.29, 0.717) is 5.92 Å². The van der Waals surface area contributed by atoms with Crippen molar-refractivity contribution >= 4 is 5.97 Å². The highest BCUT2D eigenvalue weighted by Crippen LogP contribution is 2.46. The lowest BCUT2D eigenvalue weighted by atomic mass is 9.91. The molecule has 0 aliphatic heterocycles. The first-order valence-corrected chi connectivity index (χ1v) is 5.66. The topological polar surface area (TPSA) is 49.3 Å². The third-order valence-electron chi connectivity index (χ3n) is 3.51. The summed E-state index contributed by atoms with van der Waals surface area (Å²) in [6, 6.07) is 10.3. The van der Waals surface area contributed by atoms with Crippen molar-refractivity contribution in [3.8, 4) is 0 Å². The number of benzene rings is 1. The van der Waals surface area contributed by atoms with Gasteiger partial charge in [0.25, 0.3) is 0 Å². The Bertz CT molecular complexity index is 371. The van der Waals surface area contributed by atoms with Gasteiger partial charge in [0.2, 0.25) is 0 Å². The van der Waals surface area contributed by atoms with Crippen LogP contribution in [0.3, 0.4) is 0 Å². The molecule has 0 amide bonds. The molecule has 0 aromatic heterocycles. The van der Waals surface area contributed by atoms with Crippen molar-refractivity contribution in [2.45, 2.75) is 31.2 Å². The summed E-state index contributed by atoms with van der Waals surface area (Å²) in [6.45, 7) is 2.22. The fraction of sp³-hybridized carbons (Fsp3) is 0.462. The molecular formula is C13H17NO2. The second-order valence-electron chi connectivity index (χ2n) is 4.54. The molecule has 0 heterocycles. The number of nitrogens with one attached hydrogen (secondary N) is 1. The summed E-state index contributed by atoms with van der Waals surface area (Å²) in [5.41, 5.74) is 1.29. The largest absolute Gasteiger partial charge is 0.480 e. The van der Waals surface area contributed by atoms with Crippen molar-refractivity contribution in [1.82, 2.24) is 5.32 Å². The molecule has 1 saturated carbocycles. The van der Waals surface area contributed by atoms with Gasteiger partial charge >= 0.3 is 5.97 Å². The minimum Gasteiger partial charge on any atom is -0.480 e. The minimum atomic E-state index is -0.786. The summed E-state index contributed by atoms with van der Waals surface area (Å²) in [4.78, 5) is 10.6. The van der Waals surface area contributed by atoms with E-state index in [1.807, 2.05) is 18.2 Å². The number of rotatable bonds is 5. The molecular weight excluding hydrogens is 202 g/mol. The van der Waals surface area contributed by atoms with Crippen molar-refractivity contribution in [3.63, 3.8) is 0 Å². The van der Waals surface area contributed by atoms with Crippen molar-refractivity contribution < 1.29 is 9.90 Å². The zero-order valence-electron chi connectivity index (χ0n) is 9.44. The summed E-state index contributed by atoms with van der Waals surface area (Å²) in [7, 11) is 0. The number of carboxylic acids is 1. The van der Waals surface area contributed by atoms with Gasteiger partial charge in [-0.25, -0.2) is 0 Å². The predicted molar refractivity (Wildman–Crippen MR) is 62.5 cm³/mol. The summed E-state index contributed by atoms with van der Waals surface area (Å²) < 4.78 is 0. The van der Waals surface area contributed by atoms with Gasteiger partial charge in [-0.1, -0.05) is 37.3 Å². The van der Waals surface area contributed by atoms with Gasteiger partial charge in [-0.15, -0.1) is 0 Å². The molecule has 1 unspecified atom stereocenters. The van der Waals surface area contributed by atoms with E-state index in [1.54, 1.807) is 0 Å². The van der Waals surface area contributed by atoms with Crippen molar-refractivity contribution in [3.05, 3.63) is 35.9 Å². The summed E-state index contributed by atoms with van der Waals surface area (Å²) >= 11 is 0. The molecule has 1 aliphatic carbocycles. The quantitative estimate of drug-likeness (QED) is 0.796. The summed E-state index contributed by atoms with van der Waals surface area (Å²) in [6.07, 6.45) is 2.13. The Morgan fingerprint density at radius 2 is 2.06 bits per heavy atom. The second-order valence-corrected chi connectivity index (χ2v) is 4.54. The Kier molecular flexibility index (Phi) is 2.97. The number of carboxylic acid groups (broad SMARTS) is 1. The van der Waals surface area contributed by atoms with E-state index < -0.39 is 5.97 Å². The van der Waals surface area contributed by atoms with Crippen molar-refractivity contribution in [2.24, 2.45) is 0 Å². The van der Waals surface area contributed by atoms with E-state index in [-0.39, 0.29) is 12.1 Å². The molecule has 3 heteroatoms. The maximum absolute atomic E-state index is 10.6. The van der Waals surface area contributed by atoms with Crippen LogP contribution in [-0.4, -0.2) is 23.2 Å². The fourth-order valence-corrected chi connectivity index (χ4v) is 2.21. The number of hydrogen-bond acceptors (Lipinski definition) is 2. The van der Waals surface area contributed by atoms with E-state index in [2.05, 4.69) is 24.4 Å². The first-order chi connectivity index (χ1) is 7.64. The highest BCUT2D eigenvalue weighted by Gasteiger charge is 2.47. The molecule has 1 aromatic rings. The molecule has 2 rings (SSSR count). The zero-order chi connectivity index (χ0) is 11.6. The van der Waals surface area contributed by atoms with E-state index in [9.17, 15) is 4.79 Å². The van der Waals surface area contributed by atoms with Crippen LogP contribution in [0.25, 0.3) is 0 Å². The van der Waals surface area contributed by atoms with Crippen LogP contribution in [-0.2, 0) is 4.79 Å². The molecule has 1 aromatic carbocycles. The molecule has 3 nitrogen and oxygen atoms in total. The van der Waals surface area contributed by atoms with Gasteiger partial charge in [0.15, 0.2) is 0 Å². The van der Waals surface area contributed by atoms with Crippen molar-refractivity contribution in [1.29, 1.82) is 0 Å². The molecule has 1 atom stereocenters. The highest BCUT2D eigenvalue weighted by molar-refractivity contribution is 5.69. The molecule has 0 bridgehead atoms. The Morgan fingerprint density at radius 3 is 2.56 bits per heavy atom. The lowest BCUT2D eigenvalue weighted by Gasteiger charge is -2.24. The Morgan fingerprint density at radius 1 is 1.44 bits per heavy atom. The van der Waals surface area contributed by atoms with Crippen LogP contribution < -0.4 is 5.32 Å². The normalized spacial score (nSPS) is 19.1. The second kappa shape index (κ2) is 4.26. The Balaban J connectivity index is 2.04. The van der Waals surface area contributed by atoms with E-state index in [4.69, 9.17) is 5.11 Å². The van der Waals surface area contributed by atoms with Gasteiger partial charge in [0.1, 0.15) is 0 Å². The lowest BCUT2D eigenvalue weighted by Crippen LogP contribution is -2.39. The van der Waals surface area contributed by atoms with Crippen LogP contribution in [0.1, 0.15) is 31.2 Å². The number of hydrogen-bond donors (Lipinski definition) is 2. The lowest BCUT2D eigenvalue weighted by molar-refractivity contribution is -0.136. The van der Waals surface area contributed by atoms with Gasteiger partial charge in [-0.2, -0.15) is 0 Å². The van der Waals surface area contributed by atoms with Crippen molar-refractivity contribution in [2.75, 3.05) is 6.54 Å². The predicted octanol–water partition coefficient (Wildman–Crippen LogP) is 2.00. The van der Waals surface area contributed by atoms with E-state index >= 15 is 0 Å². The minimum absolute atomic E-state index is 0.0136. The number of carbonyl (C=O) groups is 1. The molecule has 86 valence electrons. The average molecular weight is 219 g/mol. The number of aliphatic carboxylic acids is 1. The van der Waals surface area contributed by atoms with E-state index in [0.717, 1.165) is 12.8 Å². The Labute approximate surface area is 95.5 Å². The van der Waals surface area contributed by atoms with Crippen LogP contribution in [0.15, 0.2) is 30.3 Å². The van der Waals surface area contributed by atoms with Gasteiger partial charge in [-0.3, -0.25) is 4.79 Å². The highest BCUT2D eigenvalue weighted by atomic mass is 16.4. The third kappa shape index (κ3) is 2.25. The van der Waals surface area contributed by atoms with Gasteiger partial charge in [0, 0.05) is 5.54 Å². The van der Waals surface area contributed by atoms with E-state index in [1.165, 1.54) is 5.56 Å². The van der Waals surface area contributed by atoms with Gasteiger partial charge < -0.3 is 10.4 Å². The van der Waals surface area contributed by atoms with Crippen LogP contribution >= 0.6 is 0 Å². The molecule has 0 saturated heterocycles. The third-order valence-corrected chi connectivity index (χ3v) is 3.51. The van der Waals surface area contributed by atoms with Gasteiger partial charge in [-0.05, 0) is 24.3 Å². The molecule has 1 aliphatic rings. The maximum Gasteiger partial charge on any atom is 0.317 e. The summed E-state index contributed by atoms with van der Waals surface area (Å²) in [5, 5.41) is 11.9. The fourth-order valence-electron chi connectivity index (χ4n) is 2.21. The van der Waals surface area contributed by atoms with Crippen LogP contribution in [0.5, 0.6) is 0 Å². The first-order valence-electron chi connectivity index (χ1n) is 5.66. The first kappa shape index (κ1) is 11.1. The maximum atomic E-state index is 10.6. The Hall–Kier alpha value is -1.35. The molecule has 0 spiro atoms.